The fourth-order valence-electron chi connectivity index (χ4n) is 4.10. The fourth-order valence-corrected chi connectivity index (χ4v) is 4.10. The molecule has 3 rings (SSSR count). The van der Waals surface area contributed by atoms with Crippen molar-refractivity contribution in [3.8, 4) is 0 Å². The van der Waals surface area contributed by atoms with E-state index in [0.29, 0.717) is 25.0 Å². The Morgan fingerprint density at radius 1 is 1.12 bits per heavy atom. The van der Waals surface area contributed by atoms with Crippen LogP contribution in [-0.4, -0.2) is 33.2 Å². The second-order valence-electron chi connectivity index (χ2n) is 7.29. The smallest absolute Gasteiger partial charge is 0.242 e. The number of amides is 1. The van der Waals surface area contributed by atoms with E-state index in [4.69, 9.17) is 0 Å². The first-order valence-corrected chi connectivity index (χ1v) is 9.45. The van der Waals surface area contributed by atoms with Crippen molar-refractivity contribution in [1.82, 2.24) is 9.47 Å². The highest BCUT2D eigenvalue weighted by Crippen LogP contribution is 2.26. The molecule has 4 heteroatoms. The van der Waals surface area contributed by atoms with Crippen LogP contribution in [0, 0.1) is 0 Å². The molecule has 1 aliphatic rings. The van der Waals surface area contributed by atoms with E-state index in [9.17, 15) is 9.59 Å². The van der Waals surface area contributed by atoms with Crippen LogP contribution in [0.3, 0.4) is 0 Å². The number of rotatable bonds is 5. The van der Waals surface area contributed by atoms with Gasteiger partial charge in [0.05, 0.1) is 0 Å². The van der Waals surface area contributed by atoms with Gasteiger partial charge in [-0.2, -0.15) is 0 Å². The van der Waals surface area contributed by atoms with Crippen molar-refractivity contribution in [3.05, 3.63) is 36.0 Å². The van der Waals surface area contributed by atoms with Crippen molar-refractivity contribution in [2.75, 3.05) is 0 Å². The largest absolute Gasteiger partial charge is 0.337 e. The summed E-state index contributed by atoms with van der Waals surface area (Å²) >= 11 is 0. The Kier molecular flexibility index (Phi) is 5.26. The standard InChI is InChI=1S/C21H28N2O2/c1-4-8-20(24)18-13-22(19-12-6-5-11-17(18)19)14-21(25)23-15(2)9-7-10-16(23)3/h5-6,11-13,15-16H,4,7-10,14H2,1-3H3/t15-,16+. The molecule has 1 aliphatic heterocycles. The highest BCUT2D eigenvalue weighted by atomic mass is 16.2. The van der Waals surface area contributed by atoms with E-state index in [2.05, 4.69) is 13.8 Å². The molecule has 0 bridgehead atoms. The number of likely N-dealkylation sites (tertiary alicyclic amines) is 1. The summed E-state index contributed by atoms with van der Waals surface area (Å²) in [4.78, 5) is 27.4. The fraction of sp³-hybridized carbons (Fsp3) is 0.524. The van der Waals surface area contributed by atoms with Crippen molar-refractivity contribution in [2.24, 2.45) is 0 Å². The first-order valence-electron chi connectivity index (χ1n) is 9.45. The Balaban J connectivity index is 1.91. The summed E-state index contributed by atoms with van der Waals surface area (Å²) in [6, 6.07) is 8.47. The van der Waals surface area contributed by atoms with Gasteiger partial charge in [0.25, 0.3) is 0 Å². The van der Waals surface area contributed by atoms with E-state index >= 15 is 0 Å². The van der Waals surface area contributed by atoms with Crippen molar-refractivity contribution >= 4 is 22.6 Å². The average molecular weight is 340 g/mol. The van der Waals surface area contributed by atoms with E-state index in [-0.39, 0.29) is 11.7 Å². The Morgan fingerprint density at radius 2 is 1.80 bits per heavy atom. The Labute approximate surface area is 149 Å². The van der Waals surface area contributed by atoms with Crippen molar-refractivity contribution in [1.29, 1.82) is 0 Å². The van der Waals surface area contributed by atoms with E-state index < -0.39 is 0 Å². The van der Waals surface area contributed by atoms with Crippen molar-refractivity contribution in [3.63, 3.8) is 0 Å². The van der Waals surface area contributed by atoms with Crippen LogP contribution in [0.15, 0.2) is 30.5 Å². The zero-order valence-electron chi connectivity index (χ0n) is 15.5. The lowest BCUT2D eigenvalue weighted by Gasteiger charge is -2.39. The van der Waals surface area contributed by atoms with Gasteiger partial charge in [-0.25, -0.2) is 0 Å². The Hall–Kier alpha value is -2.10. The summed E-state index contributed by atoms with van der Waals surface area (Å²) < 4.78 is 1.95. The van der Waals surface area contributed by atoms with Crippen LogP contribution in [0.4, 0.5) is 0 Å². The van der Waals surface area contributed by atoms with Crippen LogP contribution < -0.4 is 0 Å². The molecule has 1 fully saturated rings. The monoisotopic (exact) mass is 340 g/mol. The molecular weight excluding hydrogens is 312 g/mol. The van der Waals surface area contributed by atoms with Crippen LogP contribution in [0.2, 0.25) is 0 Å². The minimum absolute atomic E-state index is 0.148. The topological polar surface area (TPSA) is 42.3 Å². The molecule has 2 heterocycles. The van der Waals surface area contributed by atoms with Crippen LogP contribution in [-0.2, 0) is 11.3 Å². The van der Waals surface area contributed by atoms with Gasteiger partial charge in [0, 0.05) is 41.2 Å². The third-order valence-corrected chi connectivity index (χ3v) is 5.35. The summed E-state index contributed by atoms with van der Waals surface area (Å²) in [5.41, 5.74) is 1.71. The SMILES string of the molecule is CCCC(=O)c1cn(CC(=O)N2[C@H](C)CCC[C@@H]2C)c2ccccc12. The van der Waals surface area contributed by atoms with E-state index in [0.717, 1.165) is 35.7 Å². The maximum Gasteiger partial charge on any atom is 0.242 e. The molecule has 1 aromatic heterocycles. The summed E-state index contributed by atoms with van der Waals surface area (Å²) in [7, 11) is 0. The van der Waals surface area contributed by atoms with Crippen LogP contribution in [0.1, 0.15) is 63.2 Å². The van der Waals surface area contributed by atoms with Gasteiger partial charge in [-0.1, -0.05) is 25.1 Å². The lowest BCUT2D eigenvalue weighted by Crippen LogP contribution is -2.48. The maximum atomic E-state index is 13.0. The number of para-hydroxylation sites is 1. The Bertz CT molecular complexity index is 767. The van der Waals surface area contributed by atoms with Crippen LogP contribution in [0.25, 0.3) is 10.9 Å². The minimum Gasteiger partial charge on any atom is -0.337 e. The molecule has 2 atom stereocenters. The van der Waals surface area contributed by atoms with Crippen molar-refractivity contribution < 1.29 is 9.59 Å². The van der Waals surface area contributed by atoms with Crippen LogP contribution >= 0.6 is 0 Å². The Morgan fingerprint density at radius 3 is 2.48 bits per heavy atom. The van der Waals surface area contributed by atoms with Gasteiger partial charge < -0.3 is 9.47 Å². The van der Waals surface area contributed by atoms with Gasteiger partial charge in [-0.3, -0.25) is 9.59 Å². The number of Topliss-reactive ketones (excluding diaryl/α,β-unsaturated/α-hetero) is 1. The number of nitrogens with zero attached hydrogens (tertiary/aromatic N) is 2. The summed E-state index contributed by atoms with van der Waals surface area (Å²) in [6.45, 7) is 6.59. The highest BCUT2D eigenvalue weighted by Gasteiger charge is 2.29. The first-order chi connectivity index (χ1) is 12.0. The number of carbonyl (C=O) groups is 2. The summed E-state index contributed by atoms with van der Waals surface area (Å²) in [5, 5.41) is 0.952. The first kappa shape index (κ1) is 17.7. The normalized spacial score (nSPS) is 20.8. The van der Waals surface area contributed by atoms with Gasteiger partial charge in [-0.05, 0) is 45.6 Å². The van der Waals surface area contributed by atoms with Gasteiger partial charge in [-0.15, -0.1) is 0 Å². The molecule has 0 saturated carbocycles. The van der Waals surface area contributed by atoms with E-state index in [1.54, 1.807) is 0 Å². The molecule has 1 aromatic carbocycles. The van der Waals surface area contributed by atoms with Crippen LogP contribution in [0.5, 0.6) is 0 Å². The van der Waals surface area contributed by atoms with E-state index in [1.807, 2.05) is 46.9 Å². The lowest BCUT2D eigenvalue weighted by molar-refractivity contribution is -0.137. The lowest BCUT2D eigenvalue weighted by atomic mass is 9.97. The predicted octanol–water partition coefficient (Wildman–Crippen LogP) is 4.41. The number of aromatic nitrogens is 1. The third-order valence-electron chi connectivity index (χ3n) is 5.35. The zero-order valence-corrected chi connectivity index (χ0v) is 15.5. The minimum atomic E-state index is 0.148. The van der Waals surface area contributed by atoms with Gasteiger partial charge in [0.2, 0.25) is 5.91 Å². The van der Waals surface area contributed by atoms with Gasteiger partial charge >= 0.3 is 0 Å². The van der Waals surface area contributed by atoms with Gasteiger partial charge in [0.15, 0.2) is 5.78 Å². The quantitative estimate of drug-likeness (QED) is 0.757. The molecule has 25 heavy (non-hydrogen) atoms. The number of fused-ring (bicyclic) bond motifs is 1. The molecule has 4 nitrogen and oxygen atoms in total. The van der Waals surface area contributed by atoms with Gasteiger partial charge in [0.1, 0.15) is 6.54 Å². The molecule has 0 spiro atoms. The third kappa shape index (κ3) is 3.48. The molecule has 134 valence electrons. The number of carbonyl (C=O) groups excluding carboxylic acids is 2. The number of hydrogen-bond donors (Lipinski definition) is 0. The molecule has 2 aromatic rings. The highest BCUT2D eigenvalue weighted by molar-refractivity contribution is 6.08. The molecule has 0 radical (unpaired) electrons. The molecule has 1 amide bonds. The molecular formula is C21H28N2O2. The summed E-state index contributed by atoms with van der Waals surface area (Å²) in [5.74, 6) is 0.305. The second kappa shape index (κ2) is 7.42. The average Bonchev–Trinajstić information content (AvgIpc) is 2.94. The summed E-state index contributed by atoms with van der Waals surface area (Å²) in [6.07, 6.45) is 6.59. The second-order valence-corrected chi connectivity index (χ2v) is 7.29. The molecule has 1 saturated heterocycles. The number of piperidine rings is 1. The molecule has 0 N–H and O–H groups in total. The molecule has 0 aliphatic carbocycles. The number of ketones is 1. The van der Waals surface area contributed by atoms with E-state index in [1.165, 1.54) is 6.42 Å². The predicted molar refractivity (Wildman–Crippen MR) is 101 cm³/mol. The molecule has 0 unspecified atom stereocenters. The van der Waals surface area contributed by atoms with Crippen molar-refractivity contribution in [2.45, 2.75) is 71.5 Å². The maximum absolute atomic E-state index is 13.0. The number of benzene rings is 1. The number of hydrogen-bond acceptors (Lipinski definition) is 2. The zero-order chi connectivity index (χ0) is 18.0.